The van der Waals surface area contributed by atoms with Gasteiger partial charge in [-0.05, 0) is 36.7 Å². The van der Waals surface area contributed by atoms with Crippen LogP contribution in [0, 0.1) is 11.3 Å². The van der Waals surface area contributed by atoms with E-state index in [1.807, 2.05) is 0 Å². The van der Waals surface area contributed by atoms with Crippen LogP contribution in [0.4, 0.5) is 0 Å². The quantitative estimate of drug-likeness (QED) is 0.721. The molecule has 0 aromatic heterocycles. The summed E-state index contributed by atoms with van der Waals surface area (Å²) in [4.78, 5) is 0. The molecule has 0 saturated heterocycles. The van der Waals surface area contributed by atoms with E-state index in [4.69, 9.17) is 11.6 Å². The van der Waals surface area contributed by atoms with Gasteiger partial charge in [0.15, 0.2) is 0 Å². The Morgan fingerprint density at radius 1 is 1.54 bits per heavy atom. The molecule has 76 valence electrons. The van der Waals surface area contributed by atoms with Gasteiger partial charge in [-0.1, -0.05) is 25.4 Å². The van der Waals surface area contributed by atoms with Crippen LogP contribution in [0.2, 0.25) is 0 Å². The molecule has 1 aliphatic rings. The van der Waals surface area contributed by atoms with Crippen molar-refractivity contribution in [1.29, 1.82) is 0 Å². The molecule has 0 atom stereocenters. The number of hydrogen-bond acceptors (Lipinski definition) is 1. The van der Waals surface area contributed by atoms with Crippen molar-refractivity contribution in [1.82, 2.24) is 5.32 Å². The lowest BCUT2D eigenvalue weighted by atomic mass is 9.92. The number of nitrogens with one attached hydrogen (secondary N) is 1. The Hall–Kier alpha value is -0.0100. The van der Waals surface area contributed by atoms with Crippen molar-refractivity contribution in [2.45, 2.75) is 33.6 Å². The second-order valence-electron chi connectivity index (χ2n) is 4.58. The summed E-state index contributed by atoms with van der Waals surface area (Å²) in [5.41, 5.74) is 3.47. The molecule has 0 aliphatic heterocycles. The largest absolute Gasteiger partial charge is 0.312 e. The first-order valence-electron chi connectivity index (χ1n) is 5.07. The third-order valence-corrected chi connectivity index (χ3v) is 3.56. The van der Waals surface area contributed by atoms with Gasteiger partial charge < -0.3 is 5.32 Å². The summed E-state index contributed by atoms with van der Waals surface area (Å²) in [6, 6.07) is 0. The Labute approximate surface area is 86.5 Å². The van der Waals surface area contributed by atoms with Gasteiger partial charge in [0, 0.05) is 18.6 Å². The molecule has 0 amide bonds. The maximum absolute atomic E-state index is 5.58. The fourth-order valence-corrected chi connectivity index (χ4v) is 1.74. The van der Waals surface area contributed by atoms with Crippen LogP contribution in [-0.4, -0.2) is 13.1 Å². The van der Waals surface area contributed by atoms with Crippen LogP contribution >= 0.6 is 11.6 Å². The number of rotatable bonds is 5. The van der Waals surface area contributed by atoms with Gasteiger partial charge in [-0.25, -0.2) is 0 Å². The van der Waals surface area contributed by atoms with Crippen LogP contribution in [0.1, 0.15) is 33.6 Å². The molecule has 1 rings (SSSR count). The summed E-state index contributed by atoms with van der Waals surface area (Å²) in [5, 5.41) is 3.47. The Morgan fingerprint density at radius 2 is 2.15 bits per heavy atom. The molecular weight excluding hydrogens is 182 g/mol. The predicted octanol–water partition coefficient (Wildman–Crippen LogP) is 3.15. The summed E-state index contributed by atoms with van der Waals surface area (Å²) in [6.45, 7) is 8.76. The van der Waals surface area contributed by atoms with E-state index in [2.05, 4.69) is 26.1 Å². The second kappa shape index (κ2) is 4.47. The van der Waals surface area contributed by atoms with E-state index in [1.165, 1.54) is 18.4 Å². The van der Waals surface area contributed by atoms with Gasteiger partial charge in [0.25, 0.3) is 0 Å². The van der Waals surface area contributed by atoms with Crippen LogP contribution in [0.25, 0.3) is 0 Å². The van der Waals surface area contributed by atoms with Crippen molar-refractivity contribution in [3.8, 4) is 0 Å². The zero-order valence-corrected chi connectivity index (χ0v) is 9.62. The molecule has 0 spiro atoms. The zero-order chi connectivity index (χ0) is 9.90. The highest BCUT2D eigenvalue weighted by molar-refractivity contribution is 6.25. The molecular formula is C11H20ClN. The van der Waals surface area contributed by atoms with Crippen LogP contribution in [-0.2, 0) is 0 Å². The Bertz CT molecular complexity index is 192. The second-order valence-corrected chi connectivity index (χ2v) is 4.79. The molecule has 0 radical (unpaired) electrons. The smallest absolute Gasteiger partial charge is 0.0173 e. The van der Waals surface area contributed by atoms with Gasteiger partial charge in [0.05, 0.1) is 0 Å². The standard InChI is InChI=1S/C11H20ClN/c1-9(2)11(4-5-11)8-13-7-10(3)6-12/h6,9,13H,4-5,7-8H2,1-3H3. The maximum Gasteiger partial charge on any atom is 0.0173 e. The maximum atomic E-state index is 5.58. The zero-order valence-electron chi connectivity index (χ0n) is 8.86. The van der Waals surface area contributed by atoms with E-state index in [0.717, 1.165) is 19.0 Å². The Morgan fingerprint density at radius 3 is 2.54 bits per heavy atom. The van der Waals surface area contributed by atoms with Gasteiger partial charge in [-0.3, -0.25) is 0 Å². The van der Waals surface area contributed by atoms with Crippen molar-refractivity contribution in [3.05, 3.63) is 11.1 Å². The van der Waals surface area contributed by atoms with Gasteiger partial charge >= 0.3 is 0 Å². The van der Waals surface area contributed by atoms with E-state index in [9.17, 15) is 0 Å². The lowest BCUT2D eigenvalue weighted by Crippen LogP contribution is -2.28. The molecule has 0 aromatic rings. The van der Waals surface area contributed by atoms with E-state index >= 15 is 0 Å². The molecule has 0 aromatic carbocycles. The number of hydrogen-bond donors (Lipinski definition) is 1. The molecule has 0 heterocycles. The van der Waals surface area contributed by atoms with E-state index in [-0.39, 0.29) is 0 Å². The first-order chi connectivity index (χ1) is 6.10. The third-order valence-electron chi connectivity index (χ3n) is 3.18. The SMILES string of the molecule is CC(=CCl)CNCC1(C(C)C)CC1. The van der Waals surface area contributed by atoms with Gasteiger partial charge in [-0.15, -0.1) is 0 Å². The molecule has 0 unspecified atom stereocenters. The number of halogens is 1. The molecule has 1 aliphatic carbocycles. The third kappa shape index (κ3) is 2.99. The van der Waals surface area contributed by atoms with Crippen molar-refractivity contribution in [2.24, 2.45) is 11.3 Å². The summed E-state index contributed by atoms with van der Waals surface area (Å²) >= 11 is 5.58. The lowest BCUT2D eigenvalue weighted by molar-refractivity contribution is 0.343. The molecule has 1 nitrogen and oxygen atoms in total. The van der Waals surface area contributed by atoms with Crippen molar-refractivity contribution in [3.63, 3.8) is 0 Å². The van der Waals surface area contributed by atoms with Gasteiger partial charge in [0.2, 0.25) is 0 Å². The minimum absolute atomic E-state index is 0.604. The van der Waals surface area contributed by atoms with E-state index < -0.39 is 0 Å². The lowest BCUT2D eigenvalue weighted by Gasteiger charge is -2.20. The average molecular weight is 202 g/mol. The van der Waals surface area contributed by atoms with Crippen molar-refractivity contribution < 1.29 is 0 Å². The van der Waals surface area contributed by atoms with Crippen LogP contribution in [0.3, 0.4) is 0 Å². The highest BCUT2D eigenvalue weighted by Crippen LogP contribution is 2.51. The molecule has 1 saturated carbocycles. The van der Waals surface area contributed by atoms with E-state index in [1.54, 1.807) is 5.54 Å². The van der Waals surface area contributed by atoms with Crippen molar-refractivity contribution in [2.75, 3.05) is 13.1 Å². The monoisotopic (exact) mass is 201 g/mol. The minimum atomic E-state index is 0.604. The van der Waals surface area contributed by atoms with Gasteiger partial charge in [0.1, 0.15) is 0 Å². The first-order valence-corrected chi connectivity index (χ1v) is 5.51. The van der Waals surface area contributed by atoms with Crippen molar-refractivity contribution >= 4 is 11.6 Å². The highest BCUT2D eigenvalue weighted by Gasteiger charge is 2.44. The molecule has 0 bridgehead atoms. The van der Waals surface area contributed by atoms with Crippen LogP contribution in [0.5, 0.6) is 0 Å². The fraction of sp³-hybridized carbons (Fsp3) is 0.818. The summed E-state index contributed by atoms with van der Waals surface area (Å²) in [6.07, 6.45) is 2.78. The summed E-state index contributed by atoms with van der Waals surface area (Å²) < 4.78 is 0. The Kier molecular flexibility index (Phi) is 3.81. The van der Waals surface area contributed by atoms with Gasteiger partial charge in [-0.2, -0.15) is 0 Å². The normalized spacial score (nSPS) is 20.8. The first kappa shape index (κ1) is 11.1. The van der Waals surface area contributed by atoms with Crippen LogP contribution in [0.15, 0.2) is 11.1 Å². The predicted molar refractivity (Wildman–Crippen MR) is 59.0 cm³/mol. The highest BCUT2D eigenvalue weighted by atomic mass is 35.5. The van der Waals surface area contributed by atoms with Crippen LogP contribution < -0.4 is 5.32 Å². The molecule has 13 heavy (non-hydrogen) atoms. The molecule has 1 N–H and O–H groups in total. The summed E-state index contributed by atoms with van der Waals surface area (Å²) in [5.74, 6) is 0.806. The molecule has 1 fully saturated rings. The fourth-order valence-electron chi connectivity index (χ4n) is 1.67. The average Bonchev–Trinajstić information content (AvgIpc) is 2.85. The Balaban J connectivity index is 2.20. The van der Waals surface area contributed by atoms with E-state index in [0.29, 0.717) is 5.41 Å². The minimum Gasteiger partial charge on any atom is -0.312 e. The summed E-state index contributed by atoms with van der Waals surface area (Å²) in [7, 11) is 0. The topological polar surface area (TPSA) is 12.0 Å². The molecule has 2 heteroatoms.